The number of hydrogen-bond acceptors (Lipinski definition) is 6. The fraction of sp³-hybridized carbons (Fsp3) is 0.269. The van der Waals surface area contributed by atoms with Gasteiger partial charge >= 0.3 is 0 Å². The Balaban J connectivity index is 1.35. The van der Waals surface area contributed by atoms with Crippen molar-refractivity contribution in [2.24, 2.45) is 0 Å². The molecule has 7 heteroatoms. The number of hydrogen-bond donors (Lipinski definition) is 0. The van der Waals surface area contributed by atoms with Gasteiger partial charge < -0.3 is 0 Å². The first-order chi connectivity index (χ1) is 16.0. The van der Waals surface area contributed by atoms with Gasteiger partial charge in [-0.2, -0.15) is 4.98 Å². The number of carbonyl (C=O) groups is 2. The predicted octanol–water partition coefficient (Wildman–Crippen LogP) is 5.14. The van der Waals surface area contributed by atoms with Gasteiger partial charge in [-0.25, -0.2) is 9.50 Å². The Morgan fingerprint density at radius 1 is 1.06 bits per heavy atom. The lowest BCUT2D eigenvalue weighted by molar-refractivity contribution is 0.0961. The van der Waals surface area contributed by atoms with Crippen LogP contribution in [0.25, 0.3) is 5.78 Å². The maximum atomic E-state index is 12.9. The molecule has 0 bridgehead atoms. The fourth-order valence-electron chi connectivity index (χ4n) is 4.15. The summed E-state index contributed by atoms with van der Waals surface area (Å²) in [5, 5.41) is 4.90. The number of carbonyl (C=O) groups excluding carboxylic acids is 2. The van der Waals surface area contributed by atoms with Gasteiger partial charge in [-0.1, -0.05) is 80.2 Å². The molecule has 2 aromatic heterocycles. The largest absolute Gasteiger partial charge is 0.294 e. The van der Waals surface area contributed by atoms with Crippen molar-refractivity contribution >= 4 is 29.1 Å². The molecule has 4 aromatic rings. The van der Waals surface area contributed by atoms with Gasteiger partial charge in [0.2, 0.25) is 5.16 Å². The number of nitrogens with zero attached hydrogens (tertiary/aromatic N) is 4. The van der Waals surface area contributed by atoms with Gasteiger partial charge in [-0.05, 0) is 29.4 Å². The fourth-order valence-corrected chi connectivity index (χ4v) is 4.87. The van der Waals surface area contributed by atoms with Gasteiger partial charge in [0.25, 0.3) is 5.78 Å². The van der Waals surface area contributed by atoms with E-state index in [4.69, 9.17) is 0 Å². The molecule has 2 heterocycles. The summed E-state index contributed by atoms with van der Waals surface area (Å²) >= 11 is 1.28. The second-order valence-corrected chi connectivity index (χ2v) is 9.61. The van der Waals surface area contributed by atoms with Crippen LogP contribution in [0.1, 0.15) is 69.6 Å². The zero-order valence-corrected chi connectivity index (χ0v) is 19.4. The molecule has 166 valence electrons. The topological polar surface area (TPSA) is 77.2 Å². The van der Waals surface area contributed by atoms with Crippen LogP contribution in [0.2, 0.25) is 0 Å². The summed E-state index contributed by atoms with van der Waals surface area (Å²) in [6.45, 7) is 4.35. The van der Waals surface area contributed by atoms with Crippen LogP contribution >= 0.6 is 11.8 Å². The number of ketones is 2. The molecule has 5 rings (SSSR count). The molecule has 0 unspecified atom stereocenters. The average molecular weight is 457 g/mol. The number of thioether (sulfide) groups is 1. The molecule has 0 aliphatic heterocycles. The minimum Gasteiger partial charge on any atom is -0.294 e. The number of benzene rings is 2. The van der Waals surface area contributed by atoms with Crippen LogP contribution < -0.4 is 0 Å². The van der Waals surface area contributed by atoms with E-state index in [2.05, 4.69) is 53.2 Å². The highest BCUT2D eigenvalue weighted by molar-refractivity contribution is 7.99. The Hall–Kier alpha value is -3.32. The molecular weight excluding hydrogens is 432 g/mol. The van der Waals surface area contributed by atoms with E-state index in [1.54, 1.807) is 22.8 Å². The Morgan fingerprint density at radius 3 is 2.55 bits per heavy atom. The highest BCUT2D eigenvalue weighted by Crippen LogP contribution is 2.33. The Bertz CT molecular complexity index is 1330. The van der Waals surface area contributed by atoms with E-state index < -0.39 is 0 Å². The molecule has 6 nitrogen and oxygen atoms in total. The van der Waals surface area contributed by atoms with Crippen LogP contribution in [0.15, 0.2) is 66.0 Å². The summed E-state index contributed by atoms with van der Waals surface area (Å²) in [5.41, 5.74) is 4.50. The van der Waals surface area contributed by atoms with Gasteiger partial charge in [0.1, 0.15) is 0 Å². The lowest BCUT2D eigenvalue weighted by Gasteiger charge is -2.23. The minimum absolute atomic E-state index is 0.0215. The zero-order chi connectivity index (χ0) is 22.9. The average Bonchev–Trinajstić information content (AvgIpc) is 3.23. The number of Topliss-reactive ketones (excluding diaryl/α,β-unsaturated/α-hetero) is 2. The first-order valence-corrected chi connectivity index (χ1v) is 12.1. The van der Waals surface area contributed by atoms with Crippen LogP contribution in [0.5, 0.6) is 0 Å². The first kappa shape index (κ1) is 21.5. The van der Waals surface area contributed by atoms with Crippen molar-refractivity contribution < 1.29 is 9.59 Å². The maximum Gasteiger partial charge on any atom is 0.253 e. The second-order valence-electron chi connectivity index (χ2n) is 8.67. The molecule has 33 heavy (non-hydrogen) atoms. The summed E-state index contributed by atoms with van der Waals surface area (Å²) in [4.78, 5) is 34.4. The van der Waals surface area contributed by atoms with E-state index in [0.29, 0.717) is 40.8 Å². The normalized spacial score (nSPS) is 15.7. The summed E-state index contributed by atoms with van der Waals surface area (Å²) < 4.78 is 1.55. The lowest BCUT2D eigenvalue weighted by atomic mass is 9.81. The number of fused-ring (bicyclic) bond motifs is 2. The second kappa shape index (κ2) is 8.90. The Kier molecular flexibility index (Phi) is 5.81. The molecule has 0 saturated heterocycles. The Morgan fingerprint density at radius 2 is 1.82 bits per heavy atom. The molecule has 0 fully saturated rings. The highest BCUT2D eigenvalue weighted by Gasteiger charge is 2.28. The quantitative estimate of drug-likeness (QED) is 0.295. The third-order valence-electron chi connectivity index (χ3n) is 6.07. The van der Waals surface area contributed by atoms with Crippen LogP contribution in [0, 0.1) is 0 Å². The molecule has 0 radical (unpaired) electrons. The van der Waals surface area contributed by atoms with E-state index in [1.165, 1.54) is 17.3 Å². The molecule has 0 amide bonds. The van der Waals surface area contributed by atoms with Crippen LogP contribution in [-0.4, -0.2) is 36.9 Å². The predicted molar refractivity (Wildman–Crippen MR) is 128 cm³/mol. The summed E-state index contributed by atoms with van der Waals surface area (Å²) in [7, 11) is 0. The van der Waals surface area contributed by atoms with Gasteiger partial charge in [0.15, 0.2) is 11.6 Å². The van der Waals surface area contributed by atoms with E-state index in [9.17, 15) is 9.59 Å². The summed E-state index contributed by atoms with van der Waals surface area (Å²) in [6.07, 6.45) is 2.89. The third kappa shape index (κ3) is 4.46. The highest BCUT2D eigenvalue weighted by atomic mass is 32.2. The van der Waals surface area contributed by atoms with Crippen LogP contribution in [-0.2, 0) is 6.42 Å². The van der Waals surface area contributed by atoms with Crippen molar-refractivity contribution in [3.63, 3.8) is 0 Å². The third-order valence-corrected chi connectivity index (χ3v) is 6.90. The Labute approximate surface area is 196 Å². The van der Waals surface area contributed by atoms with E-state index in [1.807, 2.05) is 18.2 Å². The van der Waals surface area contributed by atoms with Gasteiger partial charge in [0, 0.05) is 18.2 Å². The standard InChI is InChI=1S/C26H24N4O2S/c1-16(2)17-8-10-18(11-9-17)20-12-22-21(23(31)13-20)14-30-25(27-22)28-26(29-30)33-15-24(32)19-6-4-3-5-7-19/h3-11,14,16,20H,12-13,15H2,1-2H3/t20-/m0/s1. The summed E-state index contributed by atoms with van der Waals surface area (Å²) in [6, 6.07) is 17.7. The molecular formula is C26H24N4O2S. The van der Waals surface area contributed by atoms with E-state index >= 15 is 0 Å². The van der Waals surface area contributed by atoms with Gasteiger partial charge in [-0.15, -0.1) is 5.10 Å². The smallest absolute Gasteiger partial charge is 0.253 e. The zero-order valence-electron chi connectivity index (χ0n) is 18.6. The van der Waals surface area contributed by atoms with E-state index in [0.717, 1.165) is 11.3 Å². The SMILES string of the molecule is CC(C)c1ccc([C@@H]2CC(=O)c3cn4nc(SCC(=O)c5ccccc5)nc4nc3C2)cc1. The molecule has 2 aromatic carbocycles. The number of aromatic nitrogens is 4. The molecule has 1 atom stereocenters. The minimum atomic E-state index is 0.0215. The maximum absolute atomic E-state index is 12.9. The molecule has 1 aliphatic rings. The molecule has 0 spiro atoms. The van der Waals surface area contributed by atoms with Crippen molar-refractivity contribution in [1.29, 1.82) is 0 Å². The molecule has 1 aliphatic carbocycles. The molecule has 0 N–H and O–H groups in total. The van der Waals surface area contributed by atoms with Crippen LogP contribution in [0.3, 0.4) is 0 Å². The summed E-state index contributed by atoms with van der Waals surface area (Å²) in [5.74, 6) is 1.38. The van der Waals surface area contributed by atoms with Crippen molar-refractivity contribution in [2.45, 2.75) is 43.7 Å². The van der Waals surface area contributed by atoms with Crippen molar-refractivity contribution in [3.05, 3.63) is 88.7 Å². The van der Waals surface area contributed by atoms with Crippen LogP contribution in [0.4, 0.5) is 0 Å². The molecule has 0 saturated carbocycles. The van der Waals surface area contributed by atoms with Gasteiger partial charge in [0.05, 0.1) is 17.0 Å². The van der Waals surface area contributed by atoms with Crippen molar-refractivity contribution in [3.8, 4) is 0 Å². The van der Waals surface area contributed by atoms with Crippen molar-refractivity contribution in [2.75, 3.05) is 5.75 Å². The first-order valence-electron chi connectivity index (χ1n) is 11.1. The van der Waals surface area contributed by atoms with Crippen molar-refractivity contribution in [1.82, 2.24) is 19.6 Å². The van der Waals surface area contributed by atoms with E-state index in [-0.39, 0.29) is 23.2 Å². The number of rotatable bonds is 6. The lowest BCUT2D eigenvalue weighted by Crippen LogP contribution is -2.21. The monoisotopic (exact) mass is 456 g/mol. The van der Waals surface area contributed by atoms with Gasteiger partial charge in [-0.3, -0.25) is 9.59 Å².